The number of ether oxygens (including phenoxy) is 2. The number of hydrogen-bond donors (Lipinski definition) is 6. The van der Waals surface area contributed by atoms with Gasteiger partial charge in [0.15, 0.2) is 6.29 Å². The van der Waals surface area contributed by atoms with Crippen molar-refractivity contribution < 1.29 is 39.8 Å². The Kier molecular flexibility index (Phi) is 37.2. The third-order valence-corrected chi connectivity index (χ3v) is 11.1. The molecule has 0 radical (unpaired) electrons. The average Bonchev–Trinajstić information content (AvgIpc) is 3.23. The summed E-state index contributed by atoms with van der Waals surface area (Å²) >= 11 is 0. The number of carbonyl (C=O) groups excluding carboxylic acids is 1. The van der Waals surface area contributed by atoms with Crippen molar-refractivity contribution in [1.82, 2.24) is 5.32 Å². The molecular weight excluding hydrogens is 743 g/mol. The van der Waals surface area contributed by atoms with Gasteiger partial charge < -0.3 is 40.3 Å². The van der Waals surface area contributed by atoms with E-state index in [1.807, 2.05) is 13.0 Å². The summed E-state index contributed by atoms with van der Waals surface area (Å²) in [7, 11) is 0. The molecule has 0 bridgehead atoms. The first-order valence-electron chi connectivity index (χ1n) is 24.0. The van der Waals surface area contributed by atoms with E-state index in [4.69, 9.17) is 9.47 Å². The van der Waals surface area contributed by atoms with Crippen molar-refractivity contribution in [3.8, 4) is 0 Å². The summed E-state index contributed by atoms with van der Waals surface area (Å²) in [5.41, 5.74) is 0. The first-order chi connectivity index (χ1) is 28.8. The molecule has 1 saturated heterocycles. The normalized spacial score (nSPS) is 21.2. The smallest absolute Gasteiger partial charge is 0.220 e. The minimum Gasteiger partial charge on any atom is -0.394 e. The second kappa shape index (κ2) is 40.0. The molecule has 0 aromatic heterocycles. The van der Waals surface area contributed by atoms with Gasteiger partial charge in [-0.15, -0.1) is 0 Å². The molecule has 1 fully saturated rings. The molecule has 59 heavy (non-hydrogen) atoms. The maximum absolute atomic E-state index is 12.8. The Labute approximate surface area is 360 Å². The Bertz CT molecular complexity index is 1100. The van der Waals surface area contributed by atoms with Gasteiger partial charge in [0.1, 0.15) is 24.4 Å². The van der Waals surface area contributed by atoms with Crippen LogP contribution in [0.4, 0.5) is 0 Å². The monoisotopic (exact) mass is 832 g/mol. The van der Waals surface area contributed by atoms with Crippen LogP contribution in [0.5, 0.6) is 0 Å². The van der Waals surface area contributed by atoms with Gasteiger partial charge in [-0.1, -0.05) is 197 Å². The Balaban J connectivity index is 1.97. The minimum absolute atomic E-state index is 0.189. The van der Waals surface area contributed by atoms with Crippen LogP contribution in [0, 0.1) is 0 Å². The van der Waals surface area contributed by atoms with Crippen LogP contribution in [-0.2, 0) is 14.3 Å². The summed E-state index contributed by atoms with van der Waals surface area (Å²) in [5, 5.41) is 53.4. The SMILES string of the molecule is CC/C=C\C/C=C\C/C=C\C/C=C\CCCCCCCCCCCCCCCCCCCCCCC(=O)NC(COC1OC(CO)C(O)C(O)C1O)C(O)/C=C/CCC. The van der Waals surface area contributed by atoms with Gasteiger partial charge in [0.2, 0.25) is 5.91 Å². The van der Waals surface area contributed by atoms with Crippen LogP contribution in [0.2, 0.25) is 0 Å². The van der Waals surface area contributed by atoms with E-state index < -0.39 is 49.5 Å². The molecule has 1 heterocycles. The van der Waals surface area contributed by atoms with Gasteiger partial charge >= 0.3 is 0 Å². The van der Waals surface area contributed by atoms with Crippen LogP contribution < -0.4 is 5.32 Å². The number of rotatable bonds is 39. The van der Waals surface area contributed by atoms with E-state index >= 15 is 0 Å². The molecule has 1 amide bonds. The molecule has 342 valence electrons. The molecule has 0 saturated carbocycles. The lowest BCUT2D eigenvalue weighted by Crippen LogP contribution is -2.60. The fourth-order valence-electron chi connectivity index (χ4n) is 7.27. The standard InChI is InChI=1S/C50H89NO8/c1-3-5-7-8-9-10-11-12-13-14-15-16-17-18-19-20-21-22-23-24-25-26-27-28-29-30-31-32-33-34-35-36-38-40-46(54)51-43(44(53)39-37-6-4-2)42-58-50-49(57)48(56)47(55)45(41-52)59-50/h5,7,9-10,12-13,15-16,37,39,43-45,47-50,52-53,55-57H,3-4,6,8,11,14,17-36,38,40-42H2,1-2H3,(H,51,54)/b7-5-,10-9-,13-12-,16-15-,39-37+. The van der Waals surface area contributed by atoms with Crippen molar-refractivity contribution in [3.63, 3.8) is 0 Å². The molecule has 1 rings (SSSR count). The van der Waals surface area contributed by atoms with Crippen molar-refractivity contribution in [2.75, 3.05) is 13.2 Å². The second-order valence-corrected chi connectivity index (χ2v) is 16.5. The van der Waals surface area contributed by atoms with Gasteiger partial charge in [-0.05, 0) is 51.4 Å². The Morgan fingerprint density at radius 2 is 1.05 bits per heavy atom. The number of unbranched alkanes of at least 4 members (excludes halogenated alkanes) is 21. The molecule has 7 atom stereocenters. The highest BCUT2D eigenvalue weighted by atomic mass is 16.7. The lowest BCUT2D eigenvalue weighted by Gasteiger charge is -2.40. The number of aliphatic hydroxyl groups excluding tert-OH is 5. The Morgan fingerprint density at radius 1 is 0.593 bits per heavy atom. The van der Waals surface area contributed by atoms with Crippen molar-refractivity contribution in [2.45, 2.75) is 236 Å². The number of aliphatic hydroxyl groups is 5. The van der Waals surface area contributed by atoms with E-state index in [1.54, 1.807) is 6.08 Å². The highest BCUT2D eigenvalue weighted by molar-refractivity contribution is 5.76. The molecule has 1 aliphatic rings. The number of allylic oxidation sites excluding steroid dienone is 9. The molecule has 0 aromatic carbocycles. The molecule has 0 aliphatic carbocycles. The largest absolute Gasteiger partial charge is 0.394 e. The number of carbonyl (C=O) groups is 1. The second-order valence-electron chi connectivity index (χ2n) is 16.5. The van der Waals surface area contributed by atoms with Crippen LogP contribution in [0.15, 0.2) is 60.8 Å². The van der Waals surface area contributed by atoms with E-state index in [0.717, 1.165) is 57.8 Å². The quantitative estimate of drug-likeness (QED) is 0.0265. The zero-order chi connectivity index (χ0) is 43.0. The zero-order valence-electron chi connectivity index (χ0n) is 37.5. The van der Waals surface area contributed by atoms with Gasteiger partial charge in [-0.2, -0.15) is 0 Å². The highest BCUT2D eigenvalue weighted by Crippen LogP contribution is 2.22. The molecule has 0 spiro atoms. The van der Waals surface area contributed by atoms with Crippen LogP contribution in [-0.4, -0.2) is 87.5 Å². The van der Waals surface area contributed by atoms with Crippen LogP contribution in [0.1, 0.15) is 194 Å². The van der Waals surface area contributed by atoms with E-state index in [9.17, 15) is 30.3 Å². The number of hydrogen-bond acceptors (Lipinski definition) is 8. The fourth-order valence-corrected chi connectivity index (χ4v) is 7.27. The van der Waals surface area contributed by atoms with E-state index in [1.165, 1.54) is 116 Å². The molecule has 7 unspecified atom stereocenters. The number of nitrogens with one attached hydrogen (secondary N) is 1. The highest BCUT2D eigenvalue weighted by Gasteiger charge is 2.44. The Hall–Kier alpha value is -2.11. The lowest BCUT2D eigenvalue weighted by molar-refractivity contribution is -0.302. The first-order valence-corrected chi connectivity index (χ1v) is 24.0. The van der Waals surface area contributed by atoms with Gasteiger partial charge in [-0.25, -0.2) is 0 Å². The van der Waals surface area contributed by atoms with E-state index in [-0.39, 0.29) is 12.5 Å². The minimum atomic E-state index is -1.56. The Morgan fingerprint density at radius 3 is 1.53 bits per heavy atom. The average molecular weight is 832 g/mol. The maximum atomic E-state index is 12.8. The first kappa shape index (κ1) is 54.9. The third kappa shape index (κ3) is 30.6. The van der Waals surface area contributed by atoms with Gasteiger partial charge in [0, 0.05) is 6.42 Å². The molecule has 1 aliphatic heterocycles. The molecular formula is C50H89NO8. The summed E-state index contributed by atoms with van der Waals surface area (Å²) < 4.78 is 11.1. The predicted octanol–water partition coefficient (Wildman–Crippen LogP) is 10.4. The number of amides is 1. The van der Waals surface area contributed by atoms with Crippen molar-refractivity contribution in [1.29, 1.82) is 0 Å². The fraction of sp³-hybridized carbons (Fsp3) is 0.780. The molecule has 6 N–H and O–H groups in total. The summed E-state index contributed by atoms with van der Waals surface area (Å²) in [6.45, 7) is 3.44. The molecule has 9 heteroatoms. The molecule has 0 aromatic rings. The lowest BCUT2D eigenvalue weighted by atomic mass is 9.99. The summed E-state index contributed by atoms with van der Waals surface area (Å²) in [6, 6.07) is -0.800. The third-order valence-electron chi connectivity index (χ3n) is 11.1. The predicted molar refractivity (Wildman–Crippen MR) is 244 cm³/mol. The van der Waals surface area contributed by atoms with Crippen molar-refractivity contribution in [2.24, 2.45) is 0 Å². The van der Waals surface area contributed by atoms with Crippen molar-refractivity contribution >= 4 is 5.91 Å². The summed E-state index contributed by atoms with van der Waals surface area (Å²) in [5.74, 6) is -0.189. The zero-order valence-corrected chi connectivity index (χ0v) is 37.5. The topological polar surface area (TPSA) is 149 Å². The maximum Gasteiger partial charge on any atom is 0.220 e. The summed E-state index contributed by atoms with van der Waals surface area (Å²) in [4.78, 5) is 12.8. The van der Waals surface area contributed by atoms with E-state index in [0.29, 0.717) is 6.42 Å². The van der Waals surface area contributed by atoms with Gasteiger partial charge in [0.05, 0.1) is 25.4 Å². The van der Waals surface area contributed by atoms with Crippen molar-refractivity contribution in [3.05, 3.63) is 60.8 Å². The van der Waals surface area contributed by atoms with Crippen LogP contribution in [0.3, 0.4) is 0 Å². The van der Waals surface area contributed by atoms with Crippen LogP contribution >= 0.6 is 0 Å². The van der Waals surface area contributed by atoms with Crippen LogP contribution in [0.25, 0.3) is 0 Å². The molecule has 9 nitrogen and oxygen atoms in total. The van der Waals surface area contributed by atoms with Gasteiger partial charge in [-0.3, -0.25) is 4.79 Å². The van der Waals surface area contributed by atoms with Gasteiger partial charge in [0.25, 0.3) is 0 Å². The van der Waals surface area contributed by atoms with E-state index in [2.05, 4.69) is 60.8 Å². The summed E-state index contributed by atoms with van der Waals surface area (Å²) in [6.07, 6.45) is 46.8.